The number of hydrogen-bond acceptors (Lipinski definition) is 3. The largest absolute Gasteiger partial charge is 0.491 e. The Kier molecular flexibility index (Phi) is 6.47. The van der Waals surface area contributed by atoms with E-state index in [0.29, 0.717) is 12.8 Å². The molecular weight excluding hydrogens is 479 g/mol. The van der Waals surface area contributed by atoms with Crippen LogP contribution in [0, 0.1) is 17.5 Å². The van der Waals surface area contributed by atoms with Crippen LogP contribution >= 0.6 is 0 Å². The predicted octanol–water partition coefficient (Wildman–Crippen LogP) is 7.80. The van der Waals surface area contributed by atoms with E-state index in [1.165, 1.54) is 36.4 Å². The smallest absolute Gasteiger partial charge is 0.231 e. The minimum atomic E-state index is -2.43. The van der Waals surface area contributed by atoms with E-state index in [4.69, 9.17) is 14.2 Å². The van der Waals surface area contributed by atoms with Gasteiger partial charge in [0.15, 0.2) is 41.6 Å². The molecule has 1 saturated heterocycles. The summed E-state index contributed by atoms with van der Waals surface area (Å²) in [6.45, 7) is 5.42. The standard InChI is InChI=1S/C28H23F5O3/c1-3-5-6-14-7-11-19(18(29)13-14)35-28-27(36-28)17-9-8-15-16-10-12-20(34-4-2)24(31)22(16)26(33)25(32)21(15)23(17)30/h3,7-13,25-28H,1,4-6H2,2H3. The van der Waals surface area contributed by atoms with Gasteiger partial charge in [0.1, 0.15) is 5.82 Å². The molecule has 3 aromatic rings. The van der Waals surface area contributed by atoms with Crippen LogP contribution in [0.3, 0.4) is 0 Å². The molecular formula is C28H23F5O3. The lowest BCUT2D eigenvalue weighted by Crippen LogP contribution is -2.17. The van der Waals surface area contributed by atoms with Crippen molar-refractivity contribution in [2.24, 2.45) is 0 Å². The molecule has 0 aromatic heterocycles. The van der Waals surface area contributed by atoms with Crippen molar-refractivity contribution in [3.05, 3.63) is 94.8 Å². The Balaban J connectivity index is 1.41. The third kappa shape index (κ3) is 4.13. The molecule has 0 spiro atoms. The van der Waals surface area contributed by atoms with Gasteiger partial charge in [-0.2, -0.15) is 0 Å². The fourth-order valence-electron chi connectivity index (χ4n) is 4.57. The minimum Gasteiger partial charge on any atom is -0.491 e. The van der Waals surface area contributed by atoms with Crippen molar-refractivity contribution in [1.29, 1.82) is 0 Å². The number of fused-ring (bicyclic) bond motifs is 3. The maximum atomic E-state index is 15.5. The number of ether oxygens (including phenoxy) is 3. The van der Waals surface area contributed by atoms with Gasteiger partial charge in [0.2, 0.25) is 6.29 Å². The number of aryl methyl sites for hydroxylation is 1. The Morgan fingerprint density at radius 2 is 1.58 bits per heavy atom. The van der Waals surface area contributed by atoms with Gasteiger partial charge in [-0.05, 0) is 54.7 Å². The molecule has 36 heavy (non-hydrogen) atoms. The summed E-state index contributed by atoms with van der Waals surface area (Å²) in [5.41, 5.74) is -0.179. The highest BCUT2D eigenvalue weighted by atomic mass is 19.2. The molecule has 3 nitrogen and oxygen atoms in total. The molecule has 0 bridgehead atoms. The third-order valence-electron chi connectivity index (χ3n) is 6.39. The lowest BCUT2D eigenvalue weighted by molar-refractivity contribution is 0.159. The molecule has 4 atom stereocenters. The van der Waals surface area contributed by atoms with Crippen LogP contribution in [0.1, 0.15) is 54.0 Å². The number of benzene rings is 3. The Labute approximate surface area is 205 Å². The summed E-state index contributed by atoms with van der Waals surface area (Å²) >= 11 is 0. The van der Waals surface area contributed by atoms with Gasteiger partial charge in [-0.25, -0.2) is 22.0 Å². The van der Waals surface area contributed by atoms with Crippen LogP contribution in [0.2, 0.25) is 0 Å². The first-order valence-corrected chi connectivity index (χ1v) is 11.6. The number of halogens is 5. The Morgan fingerprint density at radius 3 is 2.25 bits per heavy atom. The fraction of sp³-hybridized carbons (Fsp3) is 0.286. The zero-order valence-electron chi connectivity index (χ0n) is 19.4. The van der Waals surface area contributed by atoms with Crippen molar-refractivity contribution >= 4 is 0 Å². The van der Waals surface area contributed by atoms with Crippen molar-refractivity contribution < 1.29 is 36.2 Å². The van der Waals surface area contributed by atoms with E-state index in [1.54, 1.807) is 19.1 Å². The van der Waals surface area contributed by atoms with Crippen molar-refractivity contribution in [3.8, 4) is 22.6 Å². The van der Waals surface area contributed by atoms with Gasteiger partial charge in [0.05, 0.1) is 6.61 Å². The summed E-state index contributed by atoms with van der Waals surface area (Å²) in [5.74, 6) is -2.86. The van der Waals surface area contributed by atoms with Crippen LogP contribution in [-0.2, 0) is 11.2 Å². The topological polar surface area (TPSA) is 31.0 Å². The maximum Gasteiger partial charge on any atom is 0.231 e. The maximum absolute atomic E-state index is 15.5. The molecule has 1 aliphatic carbocycles. The Morgan fingerprint density at radius 1 is 0.917 bits per heavy atom. The van der Waals surface area contributed by atoms with E-state index < -0.39 is 53.3 Å². The average Bonchev–Trinajstić information content (AvgIpc) is 3.62. The molecule has 0 N–H and O–H groups in total. The van der Waals surface area contributed by atoms with Crippen LogP contribution in [-0.4, -0.2) is 12.9 Å². The van der Waals surface area contributed by atoms with E-state index in [9.17, 15) is 8.78 Å². The third-order valence-corrected chi connectivity index (χ3v) is 6.39. The summed E-state index contributed by atoms with van der Waals surface area (Å²) in [6, 6.07) is 9.98. The zero-order chi connectivity index (χ0) is 25.6. The van der Waals surface area contributed by atoms with Gasteiger partial charge < -0.3 is 14.2 Å². The molecule has 0 amide bonds. The second-order valence-corrected chi connectivity index (χ2v) is 8.64. The van der Waals surface area contributed by atoms with Crippen molar-refractivity contribution in [3.63, 3.8) is 0 Å². The van der Waals surface area contributed by atoms with E-state index in [1.807, 2.05) is 0 Å². The molecule has 3 aromatic carbocycles. The van der Waals surface area contributed by atoms with Gasteiger partial charge in [0.25, 0.3) is 0 Å². The molecule has 1 aliphatic heterocycles. The molecule has 2 aliphatic rings. The molecule has 0 saturated carbocycles. The predicted molar refractivity (Wildman–Crippen MR) is 124 cm³/mol. The highest BCUT2D eigenvalue weighted by Crippen LogP contribution is 2.53. The zero-order valence-corrected chi connectivity index (χ0v) is 19.4. The molecule has 0 radical (unpaired) electrons. The normalized spacial score (nSPS) is 21.9. The summed E-state index contributed by atoms with van der Waals surface area (Å²) in [7, 11) is 0. The monoisotopic (exact) mass is 502 g/mol. The Hall–Kier alpha value is -3.39. The van der Waals surface area contributed by atoms with Crippen molar-refractivity contribution in [1.82, 2.24) is 0 Å². The number of allylic oxidation sites excluding steroid dienone is 1. The van der Waals surface area contributed by atoms with Crippen molar-refractivity contribution in [2.75, 3.05) is 6.61 Å². The molecule has 4 unspecified atom stereocenters. The van der Waals surface area contributed by atoms with Gasteiger partial charge in [-0.15, -0.1) is 6.58 Å². The highest BCUT2D eigenvalue weighted by Gasteiger charge is 2.47. The number of epoxide rings is 1. The molecule has 188 valence electrons. The second kappa shape index (κ2) is 9.58. The summed E-state index contributed by atoms with van der Waals surface area (Å²) in [5, 5.41) is 0. The van der Waals surface area contributed by atoms with E-state index in [0.717, 1.165) is 5.56 Å². The Bertz CT molecular complexity index is 1330. The first-order chi connectivity index (χ1) is 17.3. The van der Waals surface area contributed by atoms with Crippen LogP contribution in [0.15, 0.2) is 55.1 Å². The van der Waals surface area contributed by atoms with E-state index >= 15 is 13.2 Å². The van der Waals surface area contributed by atoms with Gasteiger partial charge >= 0.3 is 0 Å². The highest BCUT2D eigenvalue weighted by molar-refractivity contribution is 5.76. The molecule has 8 heteroatoms. The van der Waals surface area contributed by atoms with E-state index in [2.05, 4.69) is 6.58 Å². The molecule has 1 heterocycles. The van der Waals surface area contributed by atoms with Gasteiger partial charge in [0, 0.05) is 16.7 Å². The average molecular weight is 502 g/mol. The summed E-state index contributed by atoms with van der Waals surface area (Å²) in [6.07, 6.45) is -3.71. The lowest BCUT2D eigenvalue weighted by Gasteiger charge is -2.28. The minimum absolute atomic E-state index is 0.0496. The van der Waals surface area contributed by atoms with Crippen molar-refractivity contribution in [2.45, 2.75) is 44.5 Å². The van der Waals surface area contributed by atoms with Crippen LogP contribution in [0.4, 0.5) is 22.0 Å². The number of hydrogen-bond donors (Lipinski definition) is 0. The summed E-state index contributed by atoms with van der Waals surface area (Å²) < 4.78 is 91.0. The SMILES string of the molecule is C=CCCc1ccc(OC2OC2c2ccc3c(c2F)C(F)C(F)c2c-3ccc(OCC)c2F)c(F)c1. The molecule has 5 rings (SSSR count). The summed E-state index contributed by atoms with van der Waals surface area (Å²) in [4.78, 5) is 0. The van der Waals surface area contributed by atoms with Crippen LogP contribution < -0.4 is 9.47 Å². The first-order valence-electron chi connectivity index (χ1n) is 11.6. The molecule has 1 fully saturated rings. The lowest BCUT2D eigenvalue weighted by atomic mass is 9.81. The number of alkyl halides is 2. The quantitative estimate of drug-likeness (QED) is 0.179. The van der Waals surface area contributed by atoms with Crippen LogP contribution in [0.25, 0.3) is 11.1 Å². The number of rotatable bonds is 8. The first kappa shape index (κ1) is 24.3. The van der Waals surface area contributed by atoms with Gasteiger partial charge in [-0.3, -0.25) is 0 Å². The fourth-order valence-corrected chi connectivity index (χ4v) is 4.57. The van der Waals surface area contributed by atoms with Crippen LogP contribution in [0.5, 0.6) is 11.5 Å². The van der Waals surface area contributed by atoms with Gasteiger partial charge in [-0.1, -0.05) is 30.3 Å². The van der Waals surface area contributed by atoms with E-state index in [-0.39, 0.29) is 34.8 Å². The second-order valence-electron chi connectivity index (χ2n) is 8.64.